The summed E-state index contributed by atoms with van der Waals surface area (Å²) < 4.78 is 1.96. The molecule has 0 bridgehead atoms. The Kier molecular flexibility index (Phi) is 5.53. The number of rotatable bonds is 4. The van der Waals surface area contributed by atoms with Gasteiger partial charge in [-0.2, -0.15) is 5.10 Å². The Morgan fingerprint density at radius 2 is 1.81 bits per heavy atom. The number of aryl methyl sites for hydroxylation is 1. The maximum atomic E-state index is 13.2. The molecule has 0 spiro atoms. The number of amides is 1. The number of benzene rings is 2. The van der Waals surface area contributed by atoms with Crippen LogP contribution in [0.3, 0.4) is 0 Å². The molecule has 1 aliphatic heterocycles. The van der Waals surface area contributed by atoms with Crippen molar-refractivity contribution >= 4 is 44.7 Å². The van der Waals surface area contributed by atoms with Gasteiger partial charge in [-0.3, -0.25) is 9.48 Å². The van der Waals surface area contributed by atoms with Gasteiger partial charge >= 0.3 is 0 Å². The van der Waals surface area contributed by atoms with Crippen LogP contribution in [0.25, 0.3) is 10.2 Å². The molecule has 0 radical (unpaired) electrons. The highest BCUT2D eigenvalue weighted by Crippen LogP contribution is 2.31. The lowest BCUT2D eigenvalue weighted by molar-refractivity contribution is 0.0751. The van der Waals surface area contributed by atoms with Crippen molar-refractivity contribution < 1.29 is 9.90 Å². The second-order valence-electron chi connectivity index (χ2n) is 7.97. The molecule has 0 saturated carbocycles. The number of aromatic hydroxyl groups is 1. The predicted octanol–water partition coefficient (Wildman–Crippen LogP) is 4.78. The van der Waals surface area contributed by atoms with Crippen LogP contribution in [-0.2, 0) is 6.54 Å². The van der Waals surface area contributed by atoms with Crippen LogP contribution in [0, 0.1) is 6.92 Å². The fourth-order valence-electron chi connectivity index (χ4n) is 4.13. The Balaban J connectivity index is 1.32. The first-order valence-corrected chi connectivity index (χ1v) is 11.7. The van der Waals surface area contributed by atoms with Gasteiger partial charge < -0.3 is 14.9 Å². The van der Waals surface area contributed by atoms with Gasteiger partial charge in [0.2, 0.25) is 0 Å². The molecule has 5 rings (SSSR count). The van der Waals surface area contributed by atoms with E-state index < -0.39 is 0 Å². The van der Waals surface area contributed by atoms with Crippen molar-refractivity contribution in [2.75, 3.05) is 31.1 Å². The van der Waals surface area contributed by atoms with E-state index in [1.807, 2.05) is 65.0 Å². The topological polar surface area (TPSA) is 61.6 Å². The van der Waals surface area contributed by atoms with Crippen LogP contribution in [0.5, 0.6) is 5.75 Å². The quantitative estimate of drug-likeness (QED) is 0.470. The average Bonchev–Trinajstić information content (AvgIpc) is 3.36. The smallest absolute Gasteiger partial charge is 0.264 e. The number of nitrogens with zero attached hydrogens (tertiary/aromatic N) is 4. The fraction of sp³-hybridized carbons (Fsp3) is 0.250. The predicted molar refractivity (Wildman–Crippen MR) is 129 cm³/mol. The molecule has 1 N–H and O–H groups in total. The van der Waals surface area contributed by atoms with Gasteiger partial charge in [0.15, 0.2) is 0 Å². The zero-order valence-corrected chi connectivity index (χ0v) is 19.2. The Bertz CT molecular complexity index is 1270. The summed E-state index contributed by atoms with van der Waals surface area (Å²) in [6.07, 6.45) is 0. The van der Waals surface area contributed by atoms with Crippen molar-refractivity contribution in [3.63, 3.8) is 0 Å². The minimum Gasteiger partial charge on any atom is -0.506 e. The van der Waals surface area contributed by atoms with Gasteiger partial charge in [0.1, 0.15) is 10.6 Å². The summed E-state index contributed by atoms with van der Waals surface area (Å²) in [6.45, 7) is 5.24. The summed E-state index contributed by atoms with van der Waals surface area (Å²) in [5.74, 6) is 0.332. The first-order chi connectivity index (χ1) is 15.5. The molecular formula is C24H23ClN4O2S. The van der Waals surface area contributed by atoms with Gasteiger partial charge in [0, 0.05) is 36.6 Å². The molecule has 1 aliphatic rings. The zero-order valence-electron chi connectivity index (χ0n) is 17.7. The van der Waals surface area contributed by atoms with Crippen molar-refractivity contribution in [1.29, 1.82) is 0 Å². The van der Waals surface area contributed by atoms with Crippen LogP contribution in [0.1, 0.15) is 20.9 Å². The third kappa shape index (κ3) is 3.94. The van der Waals surface area contributed by atoms with Crippen LogP contribution >= 0.6 is 22.9 Å². The summed E-state index contributed by atoms with van der Waals surface area (Å²) in [6, 6.07) is 17.1. The molecular weight excluding hydrogens is 444 g/mol. The summed E-state index contributed by atoms with van der Waals surface area (Å²) in [4.78, 5) is 19.0. The monoisotopic (exact) mass is 466 g/mol. The molecule has 164 valence electrons. The summed E-state index contributed by atoms with van der Waals surface area (Å²) in [5.41, 5.74) is 2.85. The number of anilines is 1. The summed E-state index contributed by atoms with van der Waals surface area (Å²) in [7, 11) is 0. The molecule has 0 unspecified atom stereocenters. The van der Waals surface area contributed by atoms with E-state index in [4.69, 9.17) is 11.6 Å². The number of carbonyl (C=O) groups excluding carboxylic acids is 1. The van der Waals surface area contributed by atoms with Crippen molar-refractivity contribution in [1.82, 2.24) is 14.7 Å². The number of para-hydroxylation sites is 2. The van der Waals surface area contributed by atoms with Crippen LogP contribution in [0.2, 0.25) is 5.02 Å². The molecule has 1 amide bonds. The molecule has 8 heteroatoms. The maximum absolute atomic E-state index is 13.2. The third-order valence-corrected chi connectivity index (χ3v) is 7.24. The number of carbonyl (C=O) groups is 1. The SMILES string of the molecule is Cc1nn(Cc2ccc(Cl)cc2)c2sc(C(=O)N3CCN(c4ccccc4O)CC3)cc12. The molecule has 3 heterocycles. The van der Waals surface area contributed by atoms with Gasteiger partial charge in [0.25, 0.3) is 5.91 Å². The zero-order chi connectivity index (χ0) is 22.2. The van der Waals surface area contributed by atoms with E-state index in [0.29, 0.717) is 37.7 Å². The second kappa shape index (κ2) is 8.48. The van der Waals surface area contributed by atoms with Crippen LogP contribution in [0.15, 0.2) is 54.6 Å². The van der Waals surface area contributed by atoms with E-state index in [-0.39, 0.29) is 11.7 Å². The molecule has 2 aromatic carbocycles. The first kappa shape index (κ1) is 20.8. The number of thiophene rings is 1. The first-order valence-electron chi connectivity index (χ1n) is 10.5. The van der Waals surface area contributed by atoms with Gasteiger partial charge in [-0.25, -0.2) is 0 Å². The lowest BCUT2D eigenvalue weighted by atomic mass is 10.2. The molecule has 0 atom stereocenters. The number of hydrogen-bond donors (Lipinski definition) is 1. The largest absolute Gasteiger partial charge is 0.506 e. The average molecular weight is 467 g/mol. The van der Waals surface area contributed by atoms with Gasteiger partial charge in [-0.05, 0) is 42.8 Å². The number of aromatic nitrogens is 2. The summed E-state index contributed by atoms with van der Waals surface area (Å²) in [5, 5.41) is 16.5. The van der Waals surface area contributed by atoms with Gasteiger partial charge in [-0.1, -0.05) is 35.9 Å². The molecule has 6 nitrogen and oxygen atoms in total. The van der Waals surface area contributed by atoms with E-state index in [9.17, 15) is 9.90 Å². The van der Waals surface area contributed by atoms with Crippen LogP contribution in [-0.4, -0.2) is 51.9 Å². The Morgan fingerprint density at radius 1 is 1.09 bits per heavy atom. The van der Waals surface area contributed by atoms with Crippen molar-refractivity contribution in [3.8, 4) is 5.75 Å². The number of phenolic OH excluding ortho intramolecular Hbond substituents is 1. The Hall–Kier alpha value is -3.03. The van der Waals surface area contributed by atoms with E-state index in [1.54, 1.807) is 6.07 Å². The minimum absolute atomic E-state index is 0.0561. The fourth-order valence-corrected chi connectivity index (χ4v) is 5.38. The van der Waals surface area contributed by atoms with Crippen molar-refractivity contribution in [3.05, 3.63) is 75.8 Å². The van der Waals surface area contributed by atoms with Gasteiger partial charge in [0.05, 0.1) is 22.8 Å². The van der Waals surface area contributed by atoms with E-state index >= 15 is 0 Å². The lowest BCUT2D eigenvalue weighted by Crippen LogP contribution is -2.48. The molecule has 1 saturated heterocycles. The number of hydrogen-bond acceptors (Lipinski definition) is 5. The highest BCUT2D eigenvalue weighted by atomic mass is 35.5. The maximum Gasteiger partial charge on any atom is 0.264 e. The molecule has 1 fully saturated rings. The van der Waals surface area contributed by atoms with E-state index in [0.717, 1.165) is 32.0 Å². The number of halogens is 1. The standard InChI is InChI=1S/C24H23ClN4O2S/c1-16-19-14-22(32-24(19)29(26-16)15-17-6-8-18(25)9-7-17)23(31)28-12-10-27(11-13-28)20-4-2-3-5-21(20)30/h2-9,14,30H,10-13,15H2,1H3. The van der Waals surface area contributed by atoms with Crippen molar-refractivity contribution in [2.45, 2.75) is 13.5 Å². The molecule has 4 aromatic rings. The van der Waals surface area contributed by atoms with Crippen LogP contribution in [0.4, 0.5) is 5.69 Å². The molecule has 2 aromatic heterocycles. The number of phenols is 1. The number of fused-ring (bicyclic) bond motifs is 1. The van der Waals surface area contributed by atoms with E-state index in [1.165, 1.54) is 11.3 Å². The molecule has 0 aliphatic carbocycles. The minimum atomic E-state index is 0.0561. The Morgan fingerprint density at radius 3 is 2.53 bits per heavy atom. The number of piperazine rings is 1. The normalized spacial score (nSPS) is 14.3. The lowest BCUT2D eigenvalue weighted by Gasteiger charge is -2.36. The van der Waals surface area contributed by atoms with E-state index in [2.05, 4.69) is 10.00 Å². The Labute approximate surface area is 195 Å². The summed E-state index contributed by atoms with van der Waals surface area (Å²) >= 11 is 7.50. The molecule has 32 heavy (non-hydrogen) atoms. The second-order valence-corrected chi connectivity index (χ2v) is 9.43. The third-order valence-electron chi connectivity index (χ3n) is 5.85. The van der Waals surface area contributed by atoms with Gasteiger partial charge in [-0.15, -0.1) is 11.3 Å². The highest BCUT2D eigenvalue weighted by molar-refractivity contribution is 7.20. The van der Waals surface area contributed by atoms with Crippen molar-refractivity contribution in [2.24, 2.45) is 0 Å². The highest BCUT2D eigenvalue weighted by Gasteiger charge is 2.25. The van der Waals surface area contributed by atoms with Crippen LogP contribution < -0.4 is 4.90 Å².